The van der Waals surface area contributed by atoms with E-state index in [1.807, 2.05) is 0 Å². The van der Waals surface area contributed by atoms with E-state index in [2.05, 4.69) is 10.5 Å². The molecule has 0 bridgehead atoms. The standard InChI is InChI=1S/C20H21ClN2O5/c1-14(2)28-20(25)13-27-17-8-6-15(7-9-17)11-22-23-19(24)12-26-18-5-3-4-16(21)10-18/h3-11,14H,12-13H2,1-2H3,(H,23,24)/b22-11+. The van der Waals surface area contributed by atoms with Crippen LogP contribution in [0.3, 0.4) is 0 Å². The van der Waals surface area contributed by atoms with Gasteiger partial charge in [-0.2, -0.15) is 5.10 Å². The Bertz CT molecular complexity index is 822. The molecular formula is C20H21ClN2O5. The first-order chi connectivity index (χ1) is 13.4. The highest BCUT2D eigenvalue weighted by atomic mass is 35.5. The van der Waals surface area contributed by atoms with Crippen molar-refractivity contribution in [3.05, 3.63) is 59.1 Å². The molecule has 0 radical (unpaired) electrons. The van der Waals surface area contributed by atoms with Gasteiger partial charge < -0.3 is 14.2 Å². The molecule has 0 saturated heterocycles. The molecule has 2 aromatic rings. The molecule has 0 unspecified atom stereocenters. The Labute approximate surface area is 168 Å². The Morgan fingerprint density at radius 3 is 2.46 bits per heavy atom. The van der Waals surface area contributed by atoms with Gasteiger partial charge in [-0.15, -0.1) is 0 Å². The third kappa shape index (κ3) is 8.09. The summed E-state index contributed by atoms with van der Waals surface area (Å²) in [5.41, 5.74) is 3.11. The van der Waals surface area contributed by atoms with Gasteiger partial charge in [0.15, 0.2) is 13.2 Å². The second-order valence-corrected chi connectivity index (χ2v) is 6.37. The summed E-state index contributed by atoms with van der Waals surface area (Å²) in [4.78, 5) is 23.2. The summed E-state index contributed by atoms with van der Waals surface area (Å²) < 4.78 is 15.6. The molecule has 1 N–H and O–H groups in total. The summed E-state index contributed by atoms with van der Waals surface area (Å²) in [6, 6.07) is 13.6. The monoisotopic (exact) mass is 404 g/mol. The minimum absolute atomic E-state index is 0.158. The molecule has 0 aliphatic rings. The Kier molecular flexibility index (Phi) is 8.30. The summed E-state index contributed by atoms with van der Waals surface area (Å²) in [6.07, 6.45) is 1.30. The molecule has 2 aromatic carbocycles. The van der Waals surface area contributed by atoms with E-state index in [0.717, 1.165) is 5.56 Å². The van der Waals surface area contributed by atoms with Crippen molar-refractivity contribution in [2.24, 2.45) is 5.10 Å². The lowest BCUT2D eigenvalue weighted by molar-refractivity contribution is -0.149. The summed E-state index contributed by atoms with van der Waals surface area (Å²) >= 11 is 5.84. The van der Waals surface area contributed by atoms with E-state index >= 15 is 0 Å². The Balaban J connectivity index is 1.73. The lowest BCUT2D eigenvalue weighted by Gasteiger charge is -2.09. The second-order valence-electron chi connectivity index (χ2n) is 5.94. The van der Waals surface area contributed by atoms with Crippen molar-refractivity contribution in [1.29, 1.82) is 0 Å². The quantitative estimate of drug-likeness (QED) is 0.394. The van der Waals surface area contributed by atoms with Gasteiger partial charge in [0.2, 0.25) is 0 Å². The van der Waals surface area contributed by atoms with Gasteiger partial charge in [-0.05, 0) is 61.9 Å². The van der Waals surface area contributed by atoms with Crippen LogP contribution in [0, 0.1) is 0 Å². The van der Waals surface area contributed by atoms with Crippen molar-refractivity contribution < 1.29 is 23.8 Å². The molecule has 8 heteroatoms. The molecular weight excluding hydrogens is 384 g/mol. The minimum Gasteiger partial charge on any atom is -0.484 e. The maximum absolute atomic E-state index is 11.7. The number of carbonyl (C=O) groups excluding carboxylic acids is 2. The molecule has 0 spiro atoms. The summed E-state index contributed by atoms with van der Waals surface area (Å²) in [6.45, 7) is 3.20. The molecule has 0 saturated carbocycles. The number of halogens is 1. The van der Waals surface area contributed by atoms with E-state index in [1.165, 1.54) is 6.21 Å². The third-order valence-corrected chi connectivity index (χ3v) is 3.41. The number of amides is 1. The van der Waals surface area contributed by atoms with Crippen LogP contribution in [0.5, 0.6) is 11.5 Å². The van der Waals surface area contributed by atoms with Gasteiger partial charge in [0.05, 0.1) is 12.3 Å². The van der Waals surface area contributed by atoms with Crippen molar-refractivity contribution in [2.45, 2.75) is 20.0 Å². The SMILES string of the molecule is CC(C)OC(=O)COc1ccc(/C=N/NC(=O)COc2cccc(Cl)c2)cc1. The predicted octanol–water partition coefficient (Wildman–Crippen LogP) is 3.20. The fraction of sp³-hybridized carbons (Fsp3) is 0.250. The van der Waals surface area contributed by atoms with Crippen molar-refractivity contribution in [1.82, 2.24) is 5.43 Å². The molecule has 7 nitrogen and oxygen atoms in total. The van der Waals surface area contributed by atoms with Crippen LogP contribution >= 0.6 is 11.6 Å². The van der Waals surface area contributed by atoms with Gasteiger partial charge in [0, 0.05) is 5.02 Å². The number of nitrogens with one attached hydrogen (secondary N) is 1. The lowest BCUT2D eigenvalue weighted by Crippen LogP contribution is -2.24. The average molecular weight is 405 g/mol. The molecule has 0 atom stereocenters. The number of rotatable bonds is 9. The molecule has 148 valence electrons. The third-order valence-electron chi connectivity index (χ3n) is 3.17. The van der Waals surface area contributed by atoms with E-state index in [1.54, 1.807) is 62.4 Å². The Morgan fingerprint density at radius 1 is 1.07 bits per heavy atom. The van der Waals surface area contributed by atoms with Gasteiger partial charge in [0.25, 0.3) is 5.91 Å². The van der Waals surface area contributed by atoms with Crippen LogP contribution in [0.25, 0.3) is 0 Å². The molecule has 1 amide bonds. The Hall–Kier alpha value is -3.06. The normalized spacial score (nSPS) is 10.7. The van der Waals surface area contributed by atoms with E-state index in [9.17, 15) is 9.59 Å². The topological polar surface area (TPSA) is 86.2 Å². The van der Waals surface area contributed by atoms with Crippen molar-refractivity contribution in [3.63, 3.8) is 0 Å². The lowest BCUT2D eigenvalue weighted by atomic mass is 10.2. The average Bonchev–Trinajstić information content (AvgIpc) is 2.65. The highest BCUT2D eigenvalue weighted by Gasteiger charge is 2.06. The largest absolute Gasteiger partial charge is 0.484 e. The van der Waals surface area contributed by atoms with Crippen LogP contribution in [0.1, 0.15) is 19.4 Å². The van der Waals surface area contributed by atoms with Gasteiger partial charge in [-0.3, -0.25) is 4.79 Å². The van der Waals surface area contributed by atoms with E-state index in [4.69, 9.17) is 25.8 Å². The second kappa shape index (κ2) is 10.9. The molecule has 0 fully saturated rings. The first-order valence-corrected chi connectivity index (χ1v) is 8.93. The molecule has 0 aromatic heterocycles. The smallest absolute Gasteiger partial charge is 0.344 e. The number of benzene rings is 2. The molecule has 2 rings (SSSR count). The number of esters is 1. The minimum atomic E-state index is -0.427. The van der Waals surface area contributed by atoms with Crippen LogP contribution in [0.2, 0.25) is 5.02 Å². The zero-order valence-electron chi connectivity index (χ0n) is 15.6. The number of hydrazone groups is 1. The molecule has 0 heterocycles. The van der Waals surface area contributed by atoms with Crippen LogP contribution in [-0.2, 0) is 14.3 Å². The van der Waals surface area contributed by atoms with Crippen LogP contribution < -0.4 is 14.9 Å². The fourth-order valence-electron chi connectivity index (χ4n) is 2.01. The number of hydrogen-bond donors (Lipinski definition) is 1. The summed E-state index contributed by atoms with van der Waals surface area (Å²) in [5.74, 6) is 0.194. The van der Waals surface area contributed by atoms with Crippen LogP contribution in [-0.4, -0.2) is 37.4 Å². The first-order valence-electron chi connectivity index (χ1n) is 8.55. The maximum Gasteiger partial charge on any atom is 0.344 e. The van der Waals surface area contributed by atoms with E-state index in [0.29, 0.717) is 16.5 Å². The molecule has 28 heavy (non-hydrogen) atoms. The van der Waals surface area contributed by atoms with Crippen LogP contribution in [0.4, 0.5) is 0 Å². The number of nitrogens with zero attached hydrogens (tertiary/aromatic N) is 1. The van der Waals surface area contributed by atoms with Crippen molar-refractivity contribution >= 4 is 29.7 Å². The highest BCUT2D eigenvalue weighted by molar-refractivity contribution is 6.30. The van der Waals surface area contributed by atoms with E-state index < -0.39 is 11.9 Å². The summed E-state index contributed by atoms with van der Waals surface area (Å²) in [5, 5.41) is 4.39. The Morgan fingerprint density at radius 2 is 1.79 bits per heavy atom. The van der Waals surface area contributed by atoms with Crippen molar-refractivity contribution in [2.75, 3.05) is 13.2 Å². The maximum atomic E-state index is 11.7. The van der Waals surface area contributed by atoms with Gasteiger partial charge in [0.1, 0.15) is 11.5 Å². The fourth-order valence-corrected chi connectivity index (χ4v) is 2.19. The first kappa shape index (κ1) is 21.2. The molecule has 0 aliphatic heterocycles. The van der Waals surface area contributed by atoms with Gasteiger partial charge in [-0.25, -0.2) is 10.2 Å². The zero-order valence-corrected chi connectivity index (χ0v) is 16.3. The summed E-state index contributed by atoms with van der Waals surface area (Å²) in [7, 11) is 0. The number of hydrogen-bond acceptors (Lipinski definition) is 6. The predicted molar refractivity (Wildman–Crippen MR) is 106 cm³/mol. The number of ether oxygens (including phenoxy) is 3. The molecule has 0 aliphatic carbocycles. The van der Waals surface area contributed by atoms with Crippen molar-refractivity contribution in [3.8, 4) is 11.5 Å². The van der Waals surface area contributed by atoms with Gasteiger partial charge in [-0.1, -0.05) is 17.7 Å². The zero-order chi connectivity index (χ0) is 20.4. The van der Waals surface area contributed by atoms with E-state index in [-0.39, 0.29) is 19.3 Å². The van der Waals surface area contributed by atoms with Gasteiger partial charge >= 0.3 is 5.97 Å². The van der Waals surface area contributed by atoms with Crippen LogP contribution in [0.15, 0.2) is 53.6 Å². The number of carbonyl (C=O) groups is 2. The highest BCUT2D eigenvalue weighted by Crippen LogP contribution is 2.16.